The molecular weight excluding hydrogens is 244 g/mol. The quantitative estimate of drug-likeness (QED) is 0.632. The van der Waals surface area contributed by atoms with Crippen molar-refractivity contribution in [3.8, 4) is 0 Å². The molecule has 1 amide bonds. The lowest BCUT2D eigenvalue weighted by molar-refractivity contribution is -0.118. The van der Waals surface area contributed by atoms with Crippen LogP contribution < -0.4 is 5.32 Å². The molecule has 0 spiro atoms. The van der Waals surface area contributed by atoms with Crippen LogP contribution in [0.2, 0.25) is 0 Å². The van der Waals surface area contributed by atoms with Crippen molar-refractivity contribution in [1.29, 1.82) is 0 Å². The minimum absolute atomic E-state index is 0.0436. The van der Waals surface area contributed by atoms with Gasteiger partial charge >= 0.3 is 5.97 Å². The molecule has 0 unspecified atom stereocenters. The Morgan fingerprint density at radius 3 is 2.82 bits per heavy atom. The van der Waals surface area contributed by atoms with Gasteiger partial charge in [0.15, 0.2) is 0 Å². The summed E-state index contributed by atoms with van der Waals surface area (Å²) in [5.41, 5.74) is 1.35. The average molecular weight is 259 g/mol. The first-order valence-electron chi connectivity index (χ1n) is 5.17. The Morgan fingerprint density at radius 1 is 1.53 bits per heavy atom. The smallest absolute Gasteiger partial charge is 0.339 e. The molecule has 5 nitrogen and oxygen atoms in total. The Bertz CT molecular complexity index is 415. The normalized spacial score (nSPS) is 10.1. The fraction of sp³-hybridized carbons (Fsp3) is 0.455. The third-order valence-corrected chi connectivity index (χ3v) is 2.69. The first-order chi connectivity index (χ1) is 8.10. The zero-order valence-electron chi connectivity index (χ0n) is 9.83. The number of rotatable bonds is 5. The summed E-state index contributed by atoms with van der Waals surface area (Å²) in [6, 6.07) is 1.70. The predicted molar refractivity (Wildman–Crippen MR) is 64.2 cm³/mol. The number of nitrogens with zero attached hydrogens (tertiary/aromatic N) is 1. The number of ether oxygens (including phenoxy) is 1. The Balaban J connectivity index is 2.58. The molecule has 17 heavy (non-hydrogen) atoms. The lowest BCUT2D eigenvalue weighted by atomic mass is 10.2. The number of carbonyl (C=O) groups excluding carboxylic acids is 2. The van der Waals surface area contributed by atoms with Crippen LogP contribution in [-0.4, -0.2) is 36.0 Å². The summed E-state index contributed by atoms with van der Waals surface area (Å²) in [6.07, 6.45) is 1.79. The van der Waals surface area contributed by atoms with Gasteiger partial charge in [-0.3, -0.25) is 4.79 Å². The van der Waals surface area contributed by atoms with Crippen LogP contribution in [0.3, 0.4) is 0 Å². The van der Waals surface area contributed by atoms with Gasteiger partial charge in [0.25, 0.3) is 0 Å². The highest BCUT2D eigenvalue weighted by molar-refractivity contribution is 6.27. The molecule has 0 fully saturated rings. The van der Waals surface area contributed by atoms with Gasteiger partial charge in [0, 0.05) is 25.0 Å². The molecule has 0 aliphatic rings. The van der Waals surface area contributed by atoms with Gasteiger partial charge in [-0.15, -0.1) is 11.6 Å². The number of alkyl halides is 1. The molecule has 0 aromatic carbocycles. The molecule has 94 valence electrons. The molecular formula is C11H15ClN2O3. The van der Waals surface area contributed by atoms with Crippen molar-refractivity contribution >= 4 is 23.5 Å². The fourth-order valence-corrected chi connectivity index (χ4v) is 1.58. The second-order valence-corrected chi connectivity index (χ2v) is 3.75. The summed E-state index contributed by atoms with van der Waals surface area (Å²) in [7, 11) is 1.35. The largest absolute Gasteiger partial charge is 0.465 e. The number of nitrogens with one attached hydrogen (secondary N) is 1. The molecule has 6 heteroatoms. The molecule has 0 radical (unpaired) electrons. The topological polar surface area (TPSA) is 60.3 Å². The van der Waals surface area contributed by atoms with E-state index >= 15 is 0 Å². The number of carbonyl (C=O) groups is 2. The zero-order valence-corrected chi connectivity index (χ0v) is 10.6. The fourth-order valence-electron chi connectivity index (χ4n) is 1.48. The van der Waals surface area contributed by atoms with Gasteiger partial charge < -0.3 is 14.6 Å². The van der Waals surface area contributed by atoms with Gasteiger partial charge in [0.2, 0.25) is 5.91 Å². The maximum atomic E-state index is 11.4. The van der Waals surface area contributed by atoms with Crippen molar-refractivity contribution in [3.05, 3.63) is 23.5 Å². The maximum absolute atomic E-state index is 11.4. The molecule has 1 aromatic rings. The van der Waals surface area contributed by atoms with Crippen LogP contribution in [-0.2, 0) is 16.1 Å². The van der Waals surface area contributed by atoms with Gasteiger partial charge in [-0.2, -0.15) is 0 Å². The number of methoxy groups -OCH3 is 1. The molecule has 0 aliphatic heterocycles. The highest BCUT2D eigenvalue weighted by Crippen LogP contribution is 2.10. The molecule has 0 bridgehead atoms. The Labute approximate surface area is 105 Å². The monoisotopic (exact) mass is 258 g/mol. The van der Waals surface area contributed by atoms with E-state index in [2.05, 4.69) is 10.1 Å². The van der Waals surface area contributed by atoms with Gasteiger partial charge in [-0.1, -0.05) is 0 Å². The molecule has 0 aliphatic carbocycles. The van der Waals surface area contributed by atoms with E-state index in [4.69, 9.17) is 11.6 Å². The number of hydrogen-bond acceptors (Lipinski definition) is 3. The summed E-state index contributed by atoms with van der Waals surface area (Å²) < 4.78 is 6.53. The molecule has 0 atom stereocenters. The van der Waals surface area contributed by atoms with E-state index in [0.29, 0.717) is 18.7 Å². The van der Waals surface area contributed by atoms with Crippen molar-refractivity contribution in [2.24, 2.45) is 0 Å². The highest BCUT2D eigenvalue weighted by Gasteiger charge is 2.12. The average Bonchev–Trinajstić information content (AvgIpc) is 2.70. The Morgan fingerprint density at radius 2 is 2.24 bits per heavy atom. The van der Waals surface area contributed by atoms with Crippen molar-refractivity contribution in [2.75, 3.05) is 19.5 Å². The second-order valence-electron chi connectivity index (χ2n) is 3.48. The minimum atomic E-state index is -0.356. The first kappa shape index (κ1) is 13.6. The van der Waals surface area contributed by atoms with Crippen LogP contribution in [0.25, 0.3) is 0 Å². The van der Waals surface area contributed by atoms with Crippen molar-refractivity contribution in [1.82, 2.24) is 9.88 Å². The van der Waals surface area contributed by atoms with Crippen molar-refractivity contribution in [3.63, 3.8) is 0 Å². The summed E-state index contributed by atoms with van der Waals surface area (Å²) in [6.45, 7) is 2.89. The zero-order chi connectivity index (χ0) is 12.8. The standard InChI is InChI=1S/C11H15ClN2O3/c1-8-9(11(16)17-2)3-5-14(8)6-4-13-10(15)7-12/h3,5H,4,6-7H2,1-2H3,(H,13,15). The number of aromatic nitrogens is 1. The van der Waals surface area contributed by atoms with Crippen LogP contribution in [0.5, 0.6) is 0 Å². The number of amides is 1. The Kier molecular flexibility index (Phi) is 5.03. The summed E-state index contributed by atoms with van der Waals surface area (Å²) >= 11 is 5.35. The first-order valence-corrected chi connectivity index (χ1v) is 5.70. The van der Waals surface area contributed by atoms with Gasteiger partial charge in [0.05, 0.1) is 12.7 Å². The van der Waals surface area contributed by atoms with Gasteiger partial charge in [-0.25, -0.2) is 4.79 Å². The second kappa shape index (κ2) is 6.30. The summed E-state index contributed by atoms with van der Waals surface area (Å²) in [4.78, 5) is 22.3. The van der Waals surface area contributed by atoms with Crippen molar-refractivity contribution in [2.45, 2.75) is 13.5 Å². The minimum Gasteiger partial charge on any atom is -0.465 e. The number of hydrogen-bond donors (Lipinski definition) is 1. The number of esters is 1. The summed E-state index contributed by atoms with van der Waals surface area (Å²) in [5.74, 6) is -0.603. The molecule has 1 aromatic heterocycles. The maximum Gasteiger partial charge on any atom is 0.339 e. The van der Waals surface area contributed by atoms with Crippen LogP contribution >= 0.6 is 11.6 Å². The molecule has 1 N–H and O–H groups in total. The highest BCUT2D eigenvalue weighted by atomic mass is 35.5. The van der Waals surface area contributed by atoms with Crippen LogP contribution in [0.15, 0.2) is 12.3 Å². The van der Waals surface area contributed by atoms with E-state index in [1.807, 2.05) is 11.5 Å². The molecule has 0 saturated heterocycles. The summed E-state index contributed by atoms with van der Waals surface area (Å²) in [5, 5.41) is 2.65. The van der Waals surface area contributed by atoms with Crippen molar-refractivity contribution < 1.29 is 14.3 Å². The lowest BCUT2D eigenvalue weighted by Crippen LogP contribution is -2.28. The van der Waals surface area contributed by atoms with Gasteiger partial charge in [0.1, 0.15) is 5.88 Å². The van der Waals surface area contributed by atoms with Crippen LogP contribution in [0, 0.1) is 6.92 Å². The third kappa shape index (κ3) is 3.49. The van der Waals surface area contributed by atoms with Crippen LogP contribution in [0.4, 0.5) is 0 Å². The molecule has 0 saturated carbocycles. The van der Waals surface area contributed by atoms with E-state index in [1.54, 1.807) is 12.3 Å². The van der Waals surface area contributed by atoms with E-state index in [-0.39, 0.29) is 17.8 Å². The predicted octanol–water partition coefficient (Wildman–Crippen LogP) is 0.938. The lowest BCUT2D eigenvalue weighted by Gasteiger charge is -2.07. The number of halogens is 1. The van der Waals surface area contributed by atoms with E-state index in [9.17, 15) is 9.59 Å². The molecule has 1 heterocycles. The third-order valence-electron chi connectivity index (χ3n) is 2.44. The van der Waals surface area contributed by atoms with E-state index in [1.165, 1.54) is 7.11 Å². The van der Waals surface area contributed by atoms with E-state index in [0.717, 1.165) is 5.69 Å². The molecule has 1 rings (SSSR count). The SMILES string of the molecule is COC(=O)c1ccn(CCNC(=O)CCl)c1C. The van der Waals surface area contributed by atoms with Crippen LogP contribution in [0.1, 0.15) is 16.1 Å². The van der Waals surface area contributed by atoms with Gasteiger partial charge in [-0.05, 0) is 13.0 Å². The van der Waals surface area contributed by atoms with E-state index < -0.39 is 0 Å². The Hall–Kier alpha value is -1.49.